The second-order valence-corrected chi connectivity index (χ2v) is 5.62. The van der Waals surface area contributed by atoms with Gasteiger partial charge in [-0.15, -0.1) is 0 Å². The number of benzene rings is 2. The van der Waals surface area contributed by atoms with Crippen LogP contribution in [0.5, 0.6) is 11.5 Å². The van der Waals surface area contributed by atoms with Gasteiger partial charge in [0.25, 0.3) is 5.91 Å². The van der Waals surface area contributed by atoms with E-state index in [1.807, 2.05) is 24.3 Å². The summed E-state index contributed by atoms with van der Waals surface area (Å²) < 4.78 is 15.0. The van der Waals surface area contributed by atoms with E-state index in [0.717, 1.165) is 11.3 Å². The molecule has 0 unspecified atom stereocenters. The minimum Gasteiger partial charge on any atom is -0.497 e. The van der Waals surface area contributed by atoms with Crippen molar-refractivity contribution in [3.63, 3.8) is 0 Å². The zero-order valence-electron chi connectivity index (χ0n) is 15.3. The number of nitrogens with zero attached hydrogens (tertiary/aromatic N) is 1. The fourth-order valence-electron chi connectivity index (χ4n) is 2.24. The lowest BCUT2D eigenvalue weighted by molar-refractivity contribution is -0.385. The summed E-state index contributed by atoms with van der Waals surface area (Å²) in [6, 6.07) is 13.1. The van der Waals surface area contributed by atoms with Crippen LogP contribution in [0.1, 0.15) is 5.56 Å². The number of ether oxygens (including phenoxy) is 3. The van der Waals surface area contributed by atoms with E-state index in [1.165, 1.54) is 18.2 Å². The topological polar surface area (TPSA) is 117 Å². The molecule has 0 atom stereocenters. The minimum absolute atomic E-state index is 0.0478. The highest BCUT2D eigenvalue weighted by atomic mass is 16.6. The van der Waals surface area contributed by atoms with Crippen LogP contribution in [0.3, 0.4) is 0 Å². The van der Waals surface area contributed by atoms with Gasteiger partial charge in [0.05, 0.1) is 12.0 Å². The van der Waals surface area contributed by atoms with E-state index in [1.54, 1.807) is 13.2 Å². The first-order valence-corrected chi connectivity index (χ1v) is 8.41. The van der Waals surface area contributed by atoms with Crippen LogP contribution in [-0.4, -0.2) is 43.7 Å². The Kier molecular flexibility index (Phi) is 7.77. The van der Waals surface area contributed by atoms with Gasteiger partial charge < -0.3 is 19.5 Å². The summed E-state index contributed by atoms with van der Waals surface area (Å²) in [6.45, 7) is -0.610. The van der Waals surface area contributed by atoms with Crippen molar-refractivity contribution in [1.82, 2.24) is 5.32 Å². The molecule has 2 aromatic rings. The summed E-state index contributed by atoms with van der Waals surface area (Å²) in [5, 5.41) is 13.5. The van der Waals surface area contributed by atoms with E-state index in [2.05, 4.69) is 5.32 Å². The number of para-hydroxylation sites is 2. The van der Waals surface area contributed by atoms with E-state index in [-0.39, 0.29) is 11.4 Å². The molecule has 0 aliphatic rings. The van der Waals surface area contributed by atoms with Gasteiger partial charge in [-0.05, 0) is 30.2 Å². The number of nitro benzene ring substituents is 1. The summed E-state index contributed by atoms with van der Waals surface area (Å²) in [4.78, 5) is 33.6. The summed E-state index contributed by atoms with van der Waals surface area (Å²) in [5.41, 5.74) is 0.766. The van der Waals surface area contributed by atoms with Crippen LogP contribution in [0, 0.1) is 10.1 Å². The summed E-state index contributed by atoms with van der Waals surface area (Å²) >= 11 is 0. The van der Waals surface area contributed by atoms with E-state index in [4.69, 9.17) is 14.2 Å². The average molecular weight is 388 g/mol. The van der Waals surface area contributed by atoms with Crippen molar-refractivity contribution in [2.45, 2.75) is 6.42 Å². The average Bonchev–Trinajstić information content (AvgIpc) is 2.71. The van der Waals surface area contributed by atoms with Crippen molar-refractivity contribution >= 4 is 17.6 Å². The standard InChI is InChI=1S/C19H20N2O7/c1-26-15-8-6-14(7-9-15)10-11-20-18(22)12-28-19(23)13-27-17-5-3-2-4-16(17)21(24)25/h2-9H,10-13H2,1H3,(H,20,22). The van der Waals surface area contributed by atoms with Crippen molar-refractivity contribution in [1.29, 1.82) is 0 Å². The number of carbonyl (C=O) groups is 2. The predicted octanol–water partition coefficient (Wildman–Crippen LogP) is 1.88. The molecule has 0 heterocycles. The lowest BCUT2D eigenvalue weighted by atomic mass is 10.1. The Hall–Kier alpha value is -3.62. The zero-order chi connectivity index (χ0) is 20.4. The fraction of sp³-hybridized carbons (Fsp3) is 0.263. The number of rotatable bonds is 10. The van der Waals surface area contributed by atoms with Crippen molar-refractivity contribution in [3.05, 3.63) is 64.2 Å². The number of methoxy groups -OCH3 is 1. The third kappa shape index (κ3) is 6.60. The first-order chi connectivity index (χ1) is 13.5. The van der Waals surface area contributed by atoms with Crippen LogP contribution in [0.4, 0.5) is 5.69 Å². The summed E-state index contributed by atoms with van der Waals surface area (Å²) in [6.07, 6.45) is 0.616. The second kappa shape index (κ2) is 10.5. The molecule has 0 saturated heterocycles. The van der Waals surface area contributed by atoms with Gasteiger partial charge in [0.15, 0.2) is 19.0 Å². The molecule has 0 saturated carbocycles. The van der Waals surface area contributed by atoms with Crippen LogP contribution in [-0.2, 0) is 20.7 Å². The Bertz CT molecular complexity index is 821. The SMILES string of the molecule is COc1ccc(CCNC(=O)COC(=O)COc2ccccc2[N+](=O)[O-])cc1. The molecule has 1 N–H and O–H groups in total. The number of esters is 1. The van der Waals surface area contributed by atoms with Crippen molar-refractivity contribution < 1.29 is 28.7 Å². The van der Waals surface area contributed by atoms with E-state index in [9.17, 15) is 19.7 Å². The molecule has 28 heavy (non-hydrogen) atoms. The van der Waals surface area contributed by atoms with Crippen LogP contribution in [0.25, 0.3) is 0 Å². The molecule has 2 rings (SSSR count). The molecule has 9 heteroatoms. The molecule has 1 amide bonds. The van der Waals surface area contributed by atoms with Gasteiger partial charge in [-0.3, -0.25) is 14.9 Å². The van der Waals surface area contributed by atoms with Crippen LogP contribution < -0.4 is 14.8 Å². The maximum atomic E-state index is 11.7. The molecule has 9 nitrogen and oxygen atoms in total. The zero-order valence-corrected chi connectivity index (χ0v) is 15.3. The number of hydrogen-bond donors (Lipinski definition) is 1. The van der Waals surface area contributed by atoms with Crippen molar-refractivity contribution in [2.75, 3.05) is 26.9 Å². The van der Waals surface area contributed by atoms with Gasteiger partial charge in [-0.2, -0.15) is 0 Å². The first kappa shape index (κ1) is 20.7. The molecule has 0 fully saturated rings. The lowest BCUT2D eigenvalue weighted by Gasteiger charge is -2.08. The van der Waals surface area contributed by atoms with Crippen molar-refractivity contribution in [2.24, 2.45) is 0 Å². The maximum Gasteiger partial charge on any atom is 0.344 e. The molecule has 2 aromatic carbocycles. The number of hydrogen-bond acceptors (Lipinski definition) is 7. The lowest BCUT2D eigenvalue weighted by Crippen LogP contribution is -2.31. The number of nitrogens with one attached hydrogen (secondary N) is 1. The van der Waals surface area contributed by atoms with E-state index < -0.39 is 30.0 Å². The Morgan fingerprint density at radius 1 is 1.07 bits per heavy atom. The Balaban J connectivity index is 1.66. The molecule has 148 valence electrons. The number of amides is 1. The predicted molar refractivity (Wildman–Crippen MR) is 99.3 cm³/mol. The molecule has 0 aromatic heterocycles. The molecule has 0 aliphatic heterocycles. The first-order valence-electron chi connectivity index (χ1n) is 8.41. The van der Waals surface area contributed by atoms with Gasteiger partial charge in [0, 0.05) is 12.6 Å². The van der Waals surface area contributed by atoms with Crippen molar-refractivity contribution in [3.8, 4) is 11.5 Å². The Morgan fingerprint density at radius 2 is 1.79 bits per heavy atom. The van der Waals surface area contributed by atoms with Gasteiger partial charge in [0.2, 0.25) is 0 Å². The largest absolute Gasteiger partial charge is 0.497 e. The smallest absolute Gasteiger partial charge is 0.344 e. The van der Waals surface area contributed by atoms with Crippen LogP contribution >= 0.6 is 0 Å². The van der Waals surface area contributed by atoms with E-state index >= 15 is 0 Å². The highest BCUT2D eigenvalue weighted by Gasteiger charge is 2.15. The summed E-state index contributed by atoms with van der Waals surface area (Å²) in [5.74, 6) is -0.549. The maximum absolute atomic E-state index is 11.7. The normalized spacial score (nSPS) is 10.0. The van der Waals surface area contributed by atoms with E-state index in [0.29, 0.717) is 13.0 Å². The fourth-order valence-corrected chi connectivity index (χ4v) is 2.24. The van der Waals surface area contributed by atoms with Crippen LogP contribution in [0.2, 0.25) is 0 Å². The molecular weight excluding hydrogens is 368 g/mol. The molecule has 0 aliphatic carbocycles. The van der Waals surface area contributed by atoms with Gasteiger partial charge in [-0.1, -0.05) is 24.3 Å². The highest BCUT2D eigenvalue weighted by molar-refractivity contribution is 5.80. The summed E-state index contributed by atoms with van der Waals surface area (Å²) in [7, 11) is 1.59. The monoisotopic (exact) mass is 388 g/mol. The third-order valence-corrected chi connectivity index (χ3v) is 3.67. The van der Waals surface area contributed by atoms with Gasteiger partial charge >= 0.3 is 11.7 Å². The number of carbonyl (C=O) groups excluding carboxylic acids is 2. The second-order valence-electron chi connectivity index (χ2n) is 5.62. The Labute approximate surface area is 161 Å². The van der Waals surface area contributed by atoms with Gasteiger partial charge in [0.1, 0.15) is 5.75 Å². The Morgan fingerprint density at radius 3 is 2.46 bits per heavy atom. The quantitative estimate of drug-likeness (QED) is 0.375. The minimum atomic E-state index is -0.802. The molecule has 0 bridgehead atoms. The highest BCUT2D eigenvalue weighted by Crippen LogP contribution is 2.25. The third-order valence-electron chi connectivity index (χ3n) is 3.67. The molecular formula is C19H20N2O7. The van der Waals surface area contributed by atoms with Gasteiger partial charge in [-0.25, -0.2) is 4.79 Å². The molecule has 0 spiro atoms. The molecule has 0 radical (unpaired) electrons. The number of nitro groups is 1. The van der Waals surface area contributed by atoms with Crippen LogP contribution in [0.15, 0.2) is 48.5 Å².